The molecular formula is C25H38N4O3S. The Kier molecular flexibility index (Phi) is 7.08. The summed E-state index contributed by atoms with van der Waals surface area (Å²) in [6.45, 7) is 14.2. The van der Waals surface area contributed by atoms with Gasteiger partial charge >= 0.3 is 0 Å². The Bertz CT molecular complexity index is 1070. The molecule has 0 unspecified atom stereocenters. The van der Waals surface area contributed by atoms with Crippen LogP contribution in [0, 0.1) is 0 Å². The van der Waals surface area contributed by atoms with Crippen LogP contribution in [0.15, 0.2) is 29.7 Å². The van der Waals surface area contributed by atoms with Gasteiger partial charge in [-0.05, 0) is 46.8 Å². The summed E-state index contributed by atoms with van der Waals surface area (Å²) in [5.41, 5.74) is 3.83. The van der Waals surface area contributed by atoms with E-state index in [9.17, 15) is 13.2 Å². The molecule has 1 fully saturated rings. The third-order valence-electron chi connectivity index (χ3n) is 6.51. The summed E-state index contributed by atoms with van der Waals surface area (Å²) in [5.74, 6) is 0.0861. The van der Waals surface area contributed by atoms with E-state index in [2.05, 4.69) is 69.9 Å². The van der Waals surface area contributed by atoms with Crippen LogP contribution in [0.2, 0.25) is 0 Å². The zero-order valence-corrected chi connectivity index (χ0v) is 21.9. The van der Waals surface area contributed by atoms with Crippen molar-refractivity contribution >= 4 is 15.7 Å². The Hall–Kier alpha value is -2.22. The van der Waals surface area contributed by atoms with E-state index >= 15 is 0 Å². The van der Waals surface area contributed by atoms with Gasteiger partial charge in [0.2, 0.25) is 20.9 Å². The first kappa shape index (κ1) is 25.4. The highest BCUT2D eigenvalue weighted by molar-refractivity contribution is 7.91. The molecule has 2 heterocycles. The van der Waals surface area contributed by atoms with Crippen LogP contribution in [-0.4, -0.2) is 52.3 Å². The van der Waals surface area contributed by atoms with Gasteiger partial charge in [0.1, 0.15) is 6.33 Å². The maximum atomic E-state index is 12.9. The van der Waals surface area contributed by atoms with Crippen LogP contribution in [0.5, 0.6) is 0 Å². The SMILES string of the molecule is Cn1cnnc1S(=O)(=O)C1CCN(C(=O)CCc2cc(C(C)(C)C)cc(C(C)(C)C)c2)CC1. The molecule has 0 bridgehead atoms. The van der Waals surface area contributed by atoms with E-state index in [-0.39, 0.29) is 21.9 Å². The second-order valence-electron chi connectivity index (χ2n) is 11.3. The normalized spacial score (nSPS) is 16.3. The van der Waals surface area contributed by atoms with Crippen LogP contribution in [0.4, 0.5) is 0 Å². The summed E-state index contributed by atoms with van der Waals surface area (Å²) in [6.07, 6.45) is 3.36. The third kappa shape index (κ3) is 5.83. The number of amides is 1. The van der Waals surface area contributed by atoms with Gasteiger partial charge in [0.05, 0.1) is 5.25 Å². The van der Waals surface area contributed by atoms with E-state index in [4.69, 9.17) is 0 Å². The minimum Gasteiger partial charge on any atom is -0.343 e. The first-order valence-corrected chi connectivity index (χ1v) is 13.2. The van der Waals surface area contributed by atoms with E-state index in [0.717, 1.165) is 0 Å². The largest absolute Gasteiger partial charge is 0.343 e. The van der Waals surface area contributed by atoms with E-state index < -0.39 is 15.1 Å². The number of aryl methyl sites for hydroxylation is 2. The highest BCUT2D eigenvalue weighted by Gasteiger charge is 2.35. The fraction of sp³-hybridized carbons (Fsp3) is 0.640. The molecule has 1 aromatic heterocycles. The fourth-order valence-corrected chi connectivity index (χ4v) is 5.95. The number of piperidine rings is 1. The molecule has 0 aliphatic carbocycles. The summed E-state index contributed by atoms with van der Waals surface area (Å²) >= 11 is 0. The Morgan fingerprint density at radius 1 is 1.00 bits per heavy atom. The molecule has 0 saturated carbocycles. The molecule has 0 N–H and O–H groups in total. The number of hydrogen-bond donors (Lipinski definition) is 0. The summed E-state index contributed by atoms with van der Waals surface area (Å²) in [4.78, 5) is 14.7. The number of nitrogens with zero attached hydrogens (tertiary/aromatic N) is 4. The lowest BCUT2D eigenvalue weighted by molar-refractivity contribution is -0.132. The van der Waals surface area contributed by atoms with Gasteiger partial charge in [-0.25, -0.2) is 8.42 Å². The molecule has 182 valence electrons. The second kappa shape index (κ2) is 9.20. The van der Waals surface area contributed by atoms with Crippen molar-refractivity contribution in [3.8, 4) is 0 Å². The summed E-state index contributed by atoms with van der Waals surface area (Å²) in [5, 5.41) is 6.94. The van der Waals surface area contributed by atoms with Crippen LogP contribution in [0.1, 0.15) is 77.5 Å². The quantitative estimate of drug-likeness (QED) is 0.658. The molecular weight excluding hydrogens is 436 g/mol. The van der Waals surface area contributed by atoms with Crippen molar-refractivity contribution in [1.29, 1.82) is 0 Å². The zero-order chi connectivity index (χ0) is 24.6. The first-order valence-electron chi connectivity index (χ1n) is 11.7. The van der Waals surface area contributed by atoms with Crippen LogP contribution in [0.25, 0.3) is 0 Å². The topological polar surface area (TPSA) is 85.2 Å². The van der Waals surface area contributed by atoms with Crippen molar-refractivity contribution in [2.45, 2.75) is 88.5 Å². The molecule has 7 nitrogen and oxygen atoms in total. The number of benzene rings is 1. The molecule has 1 saturated heterocycles. The number of sulfone groups is 1. The number of aromatic nitrogens is 3. The van der Waals surface area contributed by atoms with Crippen molar-refractivity contribution in [2.24, 2.45) is 7.05 Å². The second-order valence-corrected chi connectivity index (χ2v) is 13.4. The third-order valence-corrected chi connectivity index (χ3v) is 8.74. The fourth-order valence-electron chi connectivity index (χ4n) is 4.21. The molecule has 1 amide bonds. The van der Waals surface area contributed by atoms with Crippen molar-refractivity contribution < 1.29 is 13.2 Å². The maximum Gasteiger partial charge on any atom is 0.249 e. The molecule has 1 aromatic carbocycles. The molecule has 3 rings (SSSR count). The molecule has 8 heteroatoms. The smallest absolute Gasteiger partial charge is 0.249 e. The molecule has 0 spiro atoms. The minimum atomic E-state index is -3.54. The van der Waals surface area contributed by atoms with Crippen LogP contribution >= 0.6 is 0 Å². The number of rotatable bonds is 5. The highest BCUT2D eigenvalue weighted by Crippen LogP contribution is 2.31. The predicted octanol–water partition coefficient (Wildman–Crippen LogP) is 3.81. The van der Waals surface area contributed by atoms with Gasteiger partial charge in [-0.2, -0.15) is 0 Å². The lowest BCUT2D eigenvalue weighted by Crippen LogP contribution is -2.43. The van der Waals surface area contributed by atoms with Crippen molar-refractivity contribution in [2.75, 3.05) is 13.1 Å². The van der Waals surface area contributed by atoms with Crippen LogP contribution in [-0.2, 0) is 38.9 Å². The standard InChI is InChI=1S/C25H38N4O3S/c1-24(2,3)19-14-18(15-20(16-19)25(4,5)6)8-9-22(30)29-12-10-21(11-13-29)33(31,32)23-27-26-17-28(23)7/h14-17,21H,8-13H2,1-7H3. The summed E-state index contributed by atoms with van der Waals surface area (Å²) in [6, 6.07) is 6.73. The Balaban J connectivity index is 1.64. The van der Waals surface area contributed by atoms with Gasteiger partial charge in [-0.15, -0.1) is 10.2 Å². The average Bonchev–Trinajstić information content (AvgIpc) is 3.17. The molecule has 33 heavy (non-hydrogen) atoms. The van der Waals surface area contributed by atoms with Gasteiger partial charge in [0.15, 0.2) is 0 Å². The van der Waals surface area contributed by atoms with E-state index in [1.807, 2.05) is 0 Å². The lowest BCUT2D eigenvalue weighted by atomic mass is 9.79. The number of carbonyl (C=O) groups is 1. The van der Waals surface area contributed by atoms with Gasteiger partial charge in [-0.3, -0.25) is 4.79 Å². The monoisotopic (exact) mass is 474 g/mol. The van der Waals surface area contributed by atoms with Gasteiger partial charge < -0.3 is 9.47 Å². The predicted molar refractivity (Wildman–Crippen MR) is 130 cm³/mol. The lowest BCUT2D eigenvalue weighted by Gasteiger charge is -2.31. The van der Waals surface area contributed by atoms with Gasteiger partial charge in [-0.1, -0.05) is 59.7 Å². The summed E-state index contributed by atoms with van der Waals surface area (Å²) in [7, 11) is -1.91. The van der Waals surface area contributed by atoms with E-state index in [0.29, 0.717) is 38.8 Å². The molecule has 0 atom stereocenters. The van der Waals surface area contributed by atoms with Gasteiger partial charge in [0.25, 0.3) is 0 Å². The van der Waals surface area contributed by atoms with Crippen molar-refractivity contribution in [1.82, 2.24) is 19.7 Å². The van der Waals surface area contributed by atoms with E-state index in [1.165, 1.54) is 27.6 Å². The van der Waals surface area contributed by atoms with Crippen molar-refractivity contribution in [3.63, 3.8) is 0 Å². The van der Waals surface area contributed by atoms with Crippen LogP contribution in [0.3, 0.4) is 0 Å². The number of hydrogen-bond acceptors (Lipinski definition) is 5. The van der Waals surface area contributed by atoms with Gasteiger partial charge in [0, 0.05) is 26.6 Å². The van der Waals surface area contributed by atoms with E-state index in [1.54, 1.807) is 11.9 Å². The first-order chi connectivity index (χ1) is 15.2. The van der Waals surface area contributed by atoms with Crippen molar-refractivity contribution in [3.05, 3.63) is 41.2 Å². The Morgan fingerprint density at radius 2 is 1.55 bits per heavy atom. The molecule has 1 aliphatic rings. The Morgan fingerprint density at radius 3 is 2.00 bits per heavy atom. The molecule has 2 aromatic rings. The van der Waals surface area contributed by atoms with Crippen LogP contribution < -0.4 is 0 Å². The zero-order valence-electron chi connectivity index (χ0n) is 21.1. The molecule has 0 radical (unpaired) electrons. The maximum absolute atomic E-state index is 12.9. The number of carbonyl (C=O) groups excluding carboxylic acids is 1. The summed E-state index contributed by atoms with van der Waals surface area (Å²) < 4.78 is 27.1. The Labute approximate surface area is 198 Å². The number of likely N-dealkylation sites (tertiary alicyclic amines) is 1. The molecule has 1 aliphatic heterocycles. The average molecular weight is 475 g/mol. The highest BCUT2D eigenvalue weighted by atomic mass is 32.2. The minimum absolute atomic E-state index is 0.000610.